The van der Waals surface area contributed by atoms with E-state index >= 15 is 4.79 Å². The largest absolute Gasteiger partial charge is 0.479 e. The predicted molar refractivity (Wildman–Crippen MR) is 461 cm³/mol. The molecule has 0 aromatic heterocycles. The first kappa shape index (κ1) is 111. The minimum absolute atomic E-state index is 0.0188. The molecule has 0 spiro atoms. The van der Waals surface area contributed by atoms with Crippen molar-refractivity contribution in [3.8, 4) is 0 Å². The third-order valence-electron chi connectivity index (χ3n) is 33.4. The van der Waals surface area contributed by atoms with Crippen molar-refractivity contribution >= 4 is 30.2 Å². The molecule has 45 heteroatoms. The summed E-state index contributed by atoms with van der Waals surface area (Å²) in [6, 6.07) is 0. The fourth-order valence-electron chi connectivity index (χ4n) is 24.3. The summed E-state index contributed by atoms with van der Waals surface area (Å²) < 4.78 is 109. The minimum atomic E-state index is -2.26. The maximum Gasteiger partial charge on any atom is 0.335 e. The molecule has 5 aliphatic carbocycles. The predicted octanol–water partition coefficient (Wildman–Crippen LogP) is -4.27. The van der Waals surface area contributed by atoms with Gasteiger partial charge in [-0.1, -0.05) is 101 Å². The van der Waals surface area contributed by atoms with Crippen molar-refractivity contribution in [1.82, 2.24) is 0 Å². The summed E-state index contributed by atoms with van der Waals surface area (Å²) in [5.41, 5.74) is -5.50. The minimum Gasteiger partial charge on any atom is -0.479 e. The lowest BCUT2D eigenvalue weighted by Gasteiger charge is -2.71. The van der Waals surface area contributed by atoms with Gasteiger partial charge in [-0.3, -0.25) is 14.4 Å². The monoisotopic (exact) mass is 1990 g/mol. The first-order chi connectivity index (χ1) is 64.8. The Kier molecular flexibility index (Phi) is 35.8. The van der Waals surface area contributed by atoms with Gasteiger partial charge in [0.2, 0.25) is 6.29 Å². The number of carbonyl (C=O) groups is 5. The molecule has 4 saturated carbocycles. The summed E-state index contributed by atoms with van der Waals surface area (Å²) in [6.45, 7) is 21.2. The van der Waals surface area contributed by atoms with Crippen LogP contribution in [0.4, 0.5) is 0 Å². The SMILES string of the molecule is CC[C@@H]1O[C@@H](O[C@@H](C[C@H](O)CC(=O)O[C@@H](C[C@H](O)CC(=O)O[C@@H]2C(C)O[C@@H](OC(=O)[C@]34CCC(C)(C)CC3C3=CCC5[C@@]6(C)CC[C@H](O[C@@H]7OC(C(=O)O)[C@H](O)[C@H](O[C@@H]8OC[C@@H](O)[C@H](O)C8O)C7O[C@@H]7OC(CO)[C@H](O)[C@H](O)C7O)[C@@](C)(C=O)C6CC[C@@]5(C)[C@]3(C)C[C@H]4O)[C@H](O[C@@H]3OC(C)[C@H](O[C@@H]4OCC(O)[C@H](O[C@@H]5OCC(O)[C@H](O)C5O)C4O)C(O)[C@@H]3O)C2O)[C@@H](C)CC)[C@@H](C)CC)C(O)C1O. The molecule has 0 amide bonds. The molecular weight excluding hydrogens is 1840 g/mol. The topological polar surface area (TPSA) is 697 Å². The van der Waals surface area contributed by atoms with Gasteiger partial charge in [-0.15, -0.1) is 0 Å². The lowest BCUT2D eigenvalue weighted by atomic mass is 9.33. The second-order valence-electron chi connectivity index (χ2n) is 42.7. The average Bonchev–Trinajstić information content (AvgIpc) is 0.710. The van der Waals surface area contributed by atoms with Gasteiger partial charge in [-0.25, -0.2) is 4.79 Å². The summed E-state index contributed by atoms with van der Waals surface area (Å²) in [5, 5.41) is 247. The zero-order chi connectivity index (χ0) is 101. The van der Waals surface area contributed by atoms with Gasteiger partial charge >= 0.3 is 23.9 Å². The lowest BCUT2D eigenvalue weighted by molar-refractivity contribution is -0.391. The van der Waals surface area contributed by atoms with E-state index in [4.69, 9.17) is 85.3 Å². The Morgan fingerprint density at radius 3 is 1.60 bits per heavy atom. The number of rotatable bonds is 34. The first-order valence-corrected chi connectivity index (χ1v) is 48.7. The zero-order valence-corrected chi connectivity index (χ0v) is 80.2. The number of esters is 3. The molecule has 8 saturated heterocycles. The average molecular weight is 1990 g/mol. The second kappa shape index (κ2) is 44.5. The number of carboxylic acids is 1. The number of hydrogen-bond acceptors (Lipinski definition) is 44. The highest BCUT2D eigenvalue weighted by Gasteiger charge is 2.74. The van der Waals surface area contributed by atoms with Crippen molar-refractivity contribution in [1.29, 1.82) is 0 Å². The van der Waals surface area contributed by atoms with Crippen LogP contribution in [-0.4, -0.2) is 427 Å². The number of aliphatic hydroxyl groups excluding tert-OH is 21. The summed E-state index contributed by atoms with van der Waals surface area (Å²) in [4.78, 5) is 72.1. The fraction of sp³-hybridized carbons (Fsp3) is 0.925. The smallest absolute Gasteiger partial charge is 0.335 e. The van der Waals surface area contributed by atoms with Gasteiger partial charge in [-0.05, 0) is 129 Å². The normalized spacial score (nSPS) is 48.8. The number of ether oxygens (including phenoxy) is 18. The van der Waals surface area contributed by atoms with E-state index in [2.05, 4.69) is 26.8 Å². The van der Waals surface area contributed by atoms with Crippen LogP contribution in [0.1, 0.15) is 193 Å². The molecule has 0 aromatic rings. The van der Waals surface area contributed by atoms with Crippen molar-refractivity contribution in [3.05, 3.63) is 11.6 Å². The molecule has 792 valence electrons. The molecule has 8 aliphatic heterocycles. The van der Waals surface area contributed by atoms with Crippen LogP contribution in [0.25, 0.3) is 0 Å². The van der Waals surface area contributed by atoms with Crippen LogP contribution in [0.2, 0.25) is 0 Å². The summed E-state index contributed by atoms with van der Waals surface area (Å²) in [6.07, 6.45) is -67.7. The van der Waals surface area contributed by atoms with Gasteiger partial charge in [0.15, 0.2) is 62.3 Å². The molecule has 45 nitrogen and oxygen atoms in total. The van der Waals surface area contributed by atoms with Gasteiger partial charge in [0, 0.05) is 12.8 Å². The second-order valence-corrected chi connectivity index (χ2v) is 42.7. The molecule has 0 bridgehead atoms. The van der Waals surface area contributed by atoms with Gasteiger partial charge in [0.25, 0.3) is 0 Å². The van der Waals surface area contributed by atoms with Crippen molar-refractivity contribution in [3.63, 3.8) is 0 Å². The molecule has 18 unspecified atom stereocenters. The summed E-state index contributed by atoms with van der Waals surface area (Å²) in [7, 11) is 0. The first-order valence-electron chi connectivity index (χ1n) is 48.7. The Hall–Kier alpha value is -4.15. The van der Waals surface area contributed by atoms with Crippen LogP contribution < -0.4 is 0 Å². The van der Waals surface area contributed by atoms with Crippen LogP contribution >= 0.6 is 0 Å². The Morgan fingerprint density at radius 1 is 0.478 bits per heavy atom. The van der Waals surface area contributed by atoms with Gasteiger partial charge < -0.3 is 202 Å². The Balaban J connectivity index is 0.748. The number of aldehydes is 1. The zero-order valence-electron chi connectivity index (χ0n) is 80.2. The maximum absolute atomic E-state index is 16.4. The summed E-state index contributed by atoms with van der Waals surface area (Å²) >= 11 is 0. The van der Waals surface area contributed by atoms with Crippen LogP contribution in [0.5, 0.6) is 0 Å². The van der Waals surface area contributed by atoms with Crippen LogP contribution in [0.15, 0.2) is 11.6 Å². The van der Waals surface area contributed by atoms with Crippen molar-refractivity contribution in [2.75, 3.05) is 26.4 Å². The van der Waals surface area contributed by atoms with E-state index in [1.165, 1.54) is 13.8 Å². The molecule has 0 radical (unpaired) electrons. The van der Waals surface area contributed by atoms with Gasteiger partial charge in [-0.2, -0.15) is 0 Å². The van der Waals surface area contributed by atoms with E-state index in [0.29, 0.717) is 57.8 Å². The van der Waals surface area contributed by atoms with Crippen LogP contribution in [0, 0.1) is 62.1 Å². The maximum atomic E-state index is 16.4. The Labute approximate surface area is 799 Å². The number of aliphatic hydroxyl groups is 21. The molecule has 0 aromatic carbocycles. The number of aliphatic carboxylic acids is 1. The standard InChI is InChI=1S/C93H150O45/c1-14-36(4)48(126-55(102)27-41(97)26-49(37(5)15-2)128-83-65(112)59(106)47(16-3)127-83)25-40(96)28-56(103)131-72-39(7)125-85(76(68(72)115)136-82-67(114)62(109)71(38(6)124-82)132-81-70(117)73(46(100)34-123-81)133-79-63(110)57(104)44(98)32-121-79)138-87(120)93-24-23-88(8,9)29-43(93)42-17-18-52-89(10)21-20-54(90(11,35-95)51(89)19-22-91(52,12)92(42,13)30-53(93)101)130-86-77(137-84-66(113)61(108)60(107)50(31-94)129-84)74(69(116)75(135-86)78(118)119)134-80-64(111)58(105)45(99)33-122-80/h17,35-41,43-54,57-77,79-86,94,96-101,104-117H,14-16,18-34H2,1-13H3,(H,118,119)/t36-,37-,38?,39?,40-,41-,43?,44?,45+,46?,47-,48-,49-,50?,51?,52?,53+,54-,57-,58-,59?,60-,61-,62?,63?,64?,65?,66?,67-,68?,69+,70?,71-,72+,73-,74-,75?,76+,77?,79-,80-,81-,82-,83-,84-,85-,86+,89-,90-,91+,92+,93+/m0/s1. The number of allylic oxidation sites excluding steroid dienone is 2. The van der Waals surface area contributed by atoms with E-state index in [0.717, 1.165) is 11.9 Å². The van der Waals surface area contributed by atoms with Crippen LogP contribution in [0.3, 0.4) is 0 Å². The molecule has 12 fully saturated rings. The summed E-state index contributed by atoms with van der Waals surface area (Å²) in [5.74, 6) is -7.09. The molecular formula is C93H150O45. The number of fused-ring (bicyclic) bond motifs is 7. The highest BCUT2D eigenvalue weighted by Crippen LogP contribution is 2.76. The van der Waals surface area contributed by atoms with E-state index in [9.17, 15) is 132 Å². The highest BCUT2D eigenvalue weighted by atomic mass is 16.8. The van der Waals surface area contributed by atoms with Crippen LogP contribution in [-0.2, 0) is 109 Å². The molecule has 8 heterocycles. The quantitative estimate of drug-likeness (QED) is 0.00953. The third kappa shape index (κ3) is 21.7. The van der Waals surface area contributed by atoms with Crippen molar-refractivity contribution in [2.24, 2.45) is 62.1 Å². The number of carbonyl (C=O) groups excluding carboxylic acids is 4. The Morgan fingerprint density at radius 2 is 1.00 bits per heavy atom. The Bertz CT molecular complexity index is 4080. The van der Waals surface area contributed by atoms with Crippen molar-refractivity contribution in [2.45, 2.75) is 451 Å². The highest BCUT2D eigenvalue weighted by molar-refractivity contribution is 5.80. The van der Waals surface area contributed by atoms with E-state index in [1.54, 1.807) is 27.7 Å². The van der Waals surface area contributed by atoms with E-state index in [-0.39, 0.29) is 43.9 Å². The molecule has 138 heavy (non-hydrogen) atoms. The van der Waals surface area contributed by atoms with Gasteiger partial charge in [0.05, 0.1) is 93.5 Å². The lowest BCUT2D eigenvalue weighted by Crippen LogP contribution is -2.69. The fourth-order valence-corrected chi connectivity index (χ4v) is 24.3. The molecule has 22 N–H and O–H groups in total. The molecule has 13 rings (SSSR count). The van der Waals surface area contributed by atoms with E-state index in [1.807, 2.05) is 27.7 Å². The third-order valence-corrected chi connectivity index (χ3v) is 33.4. The number of hydrogen-bond donors (Lipinski definition) is 22. The van der Waals surface area contributed by atoms with Crippen molar-refractivity contribution < 1.29 is 222 Å². The van der Waals surface area contributed by atoms with E-state index < -0.39 is 371 Å². The molecule has 52 atom stereocenters. The van der Waals surface area contributed by atoms with Gasteiger partial charge in [0.1, 0.15) is 152 Å². The molecule has 13 aliphatic rings. The number of carboxylic acid groups (broad SMARTS) is 1.